The van der Waals surface area contributed by atoms with Crippen molar-refractivity contribution in [1.29, 1.82) is 0 Å². The number of esters is 1. The molecule has 1 aliphatic rings. The van der Waals surface area contributed by atoms with E-state index in [1.807, 2.05) is 54.6 Å². The maximum Gasteiger partial charge on any atom is 0.325 e. The molecule has 2 heterocycles. The predicted molar refractivity (Wildman–Crippen MR) is 139 cm³/mol. The van der Waals surface area contributed by atoms with Crippen LogP contribution in [0, 0.1) is 0 Å². The summed E-state index contributed by atoms with van der Waals surface area (Å²) in [4.78, 5) is 38.2. The van der Waals surface area contributed by atoms with Gasteiger partial charge in [0.15, 0.2) is 0 Å². The Morgan fingerprint density at radius 2 is 1.67 bits per heavy atom. The number of amides is 1. The number of hydrogen-bond acceptors (Lipinski definition) is 6. The van der Waals surface area contributed by atoms with Gasteiger partial charge in [-0.3, -0.25) is 14.4 Å². The molecular formula is C27H30ClN3O5. The fraction of sp³-hybridized carbons (Fsp3) is 0.296. The summed E-state index contributed by atoms with van der Waals surface area (Å²) >= 11 is 0. The van der Waals surface area contributed by atoms with Gasteiger partial charge in [-0.2, -0.15) is 0 Å². The summed E-state index contributed by atoms with van der Waals surface area (Å²) in [6, 6.07) is 17.8. The van der Waals surface area contributed by atoms with E-state index in [1.54, 1.807) is 20.8 Å². The Morgan fingerprint density at radius 3 is 2.31 bits per heavy atom. The third-order valence-corrected chi connectivity index (χ3v) is 5.69. The van der Waals surface area contributed by atoms with Crippen molar-refractivity contribution >= 4 is 24.3 Å². The van der Waals surface area contributed by atoms with Crippen molar-refractivity contribution in [2.24, 2.45) is 0 Å². The van der Waals surface area contributed by atoms with Crippen LogP contribution in [0.3, 0.4) is 0 Å². The predicted octanol–water partition coefficient (Wildman–Crippen LogP) is 3.37. The first-order valence-corrected chi connectivity index (χ1v) is 11.5. The SMILES string of the molecule is CC(C)(C)OC(=O)CNC(=O)c1c(O)c2c(n(Cc3ccc(-c4ccccc4)cc3)c1=O)CNC2.Cl. The molecule has 0 saturated heterocycles. The van der Waals surface area contributed by atoms with E-state index in [0.717, 1.165) is 16.7 Å². The molecule has 8 nitrogen and oxygen atoms in total. The number of rotatable bonds is 6. The van der Waals surface area contributed by atoms with Gasteiger partial charge in [0.05, 0.1) is 6.54 Å². The van der Waals surface area contributed by atoms with Gasteiger partial charge in [0, 0.05) is 24.3 Å². The number of carbonyl (C=O) groups excluding carboxylic acids is 2. The van der Waals surface area contributed by atoms with E-state index < -0.39 is 29.6 Å². The number of aromatic nitrogens is 1. The van der Waals surface area contributed by atoms with E-state index >= 15 is 0 Å². The van der Waals surface area contributed by atoms with Crippen molar-refractivity contribution in [3.05, 3.63) is 87.3 Å². The zero-order valence-electron chi connectivity index (χ0n) is 20.5. The number of nitrogens with zero attached hydrogens (tertiary/aromatic N) is 1. The molecule has 0 fully saturated rings. The fourth-order valence-corrected chi connectivity index (χ4v) is 4.11. The molecule has 0 spiro atoms. The molecule has 190 valence electrons. The van der Waals surface area contributed by atoms with Gasteiger partial charge in [-0.1, -0.05) is 54.6 Å². The second-order valence-corrected chi connectivity index (χ2v) is 9.48. The van der Waals surface area contributed by atoms with Crippen LogP contribution in [0.4, 0.5) is 0 Å². The minimum absolute atomic E-state index is 0. The van der Waals surface area contributed by atoms with Crippen molar-refractivity contribution in [1.82, 2.24) is 15.2 Å². The molecule has 2 aromatic carbocycles. The number of pyridine rings is 1. The first kappa shape index (κ1) is 27.0. The summed E-state index contributed by atoms with van der Waals surface area (Å²) in [5.41, 5.74) is 2.49. The van der Waals surface area contributed by atoms with Gasteiger partial charge in [-0.05, 0) is 37.5 Å². The lowest BCUT2D eigenvalue weighted by Gasteiger charge is -2.20. The summed E-state index contributed by atoms with van der Waals surface area (Å²) in [5.74, 6) is -1.81. The highest BCUT2D eigenvalue weighted by molar-refractivity contribution is 5.98. The Bertz CT molecular complexity index is 1310. The van der Waals surface area contributed by atoms with Gasteiger partial charge in [-0.15, -0.1) is 12.4 Å². The topological polar surface area (TPSA) is 110 Å². The molecule has 0 atom stereocenters. The van der Waals surface area contributed by atoms with Gasteiger partial charge in [-0.25, -0.2) is 0 Å². The fourth-order valence-electron chi connectivity index (χ4n) is 4.11. The Labute approximate surface area is 215 Å². The van der Waals surface area contributed by atoms with Crippen molar-refractivity contribution in [3.8, 4) is 16.9 Å². The smallest absolute Gasteiger partial charge is 0.325 e. The molecule has 0 unspecified atom stereocenters. The summed E-state index contributed by atoms with van der Waals surface area (Å²) < 4.78 is 6.70. The second kappa shape index (κ2) is 11.0. The first-order valence-electron chi connectivity index (χ1n) is 11.5. The monoisotopic (exact) mass is 511 g/mol. The molecule has 1 amide bonds. The molecule has 9 heteroatoms. The lowest BCUT2D eigenvalue weighted by Crippen LogP contribution is -2.38. The second-order valence-electron chi connectivity index (χ2n) is 9.48. The van der Waals surface area contributed by atoms with Crippen LogP contribution in [0.2, 0.25) is 0 Å². The number of nitrogens with one attached hydrogen (secondary N) is 2. The van der Waals surface area contributed by atoms with Crippen LogP contribution < -0.4 is 16.2 Å². The van der Waals surface area contributed by atoms with Crippen LogP contribution in [0.1, 0.15) is 48.0 Å². The maximum atomic E-state index is 13.4. The molecular weight excluding hydrogens is 482 g/mol. The Balaban J connectivity index is 0.00000361. The minimum Gasteiger partial charge on any atom is -0.506 e. The maximum absolute atomic E-state index is 13.4. The molecule has 4 rings (SSSR count). The van der Waals surface area contributed by atoms with Gasteiger partial charge >= 0.3 is 5.97 Å². The quantitative estimate of drug-likeness (QED) is 0.438. The van der Waals surface area contributed by atoms with Gasteiger partial charge in [0.25, 0.3) is 11.5 Å². The van der Waals surface area contributed by atoms with E-state index in [-0.39, 0.29) is 30.3 Å². The van der Waals surface area contributed by atoms with Gasteiger partial charge < -0.3 is 25.0 Å². The zero-order chi connectivity index (χ0) is 25.2. The first-order chi connectivity index (χ1) is 16.6. The van der Waals surface area contributed by atoms with E-state index in [9.17, 15) is 19.5 Å². The van der Waals surface area contributed by atoms with Crippen LogP contribution >= 0.6 is 12.4 Å². The Hall–Kier alpha value is -3.62. The number of benzene rings is 2. The number of halogens is 1. The molecule has 0 bridgehead atoms. The lowest BCUT2D eigenvalue weighted by molar-refractivity contribution is -0.153. The normalized spacial score (nSPS) is 12.4. The number of hydrogen-bond donors (Lipinski definition) is 3. The summed E-state index contributed by atoms with van der Waals surface area (Å²) in [7, 11) is 0. The Morgan fingerprint density at radius 1 is 1.03 bits per heavy atom. The van der Waals surface area contributed by atoms with Crippen molar-refractivity contribution < 1.29 is 19.4 Å². The largest absolute Gasteiger partial charge is 0.506 e. The molecule has 3 N–H and O–H groups in total. The van der Waals surface area contributed by atoms with Crippen LogP contribution in [0.15, 0.2) is 59.4 Å². The molecule has 1 aliphatic heterocycles. The summed E-state index contributed by atoms with van der Waals surface area (Å²) in [6.45, 7) is 5.72. The van der Waals surface area contributed by atoms with Crippen molar-refractivity contribution in [3.63, 3.8) is 0 Å². The third kappa shape index (κ3) is 5.95. The van der Waals surface area contributed by atoms with Crippen LogP contribution in [0.25, 0.3) is 11.1 Å². The molecule has 3 aromatic rings. The molecule has 36 heavy (non-hydrogen) atoms. The Kier molecular flexibility index (Phi) is 8.22. The molecule has 0 radical (unpaired) electrons. The number of carbonyl (C=O) groups is 2. The van der Waals surface area contributed by atoms with Gasteiger partial charge in [0.2, 0.25) is 0 Å². The molecule has 1 aromatic heterocycles. The van der Waals surface area contributed by atoms with Gasteiger partial charge in [0.1, 0.15) is 23.5 Å². The number of fused-ring (bicyclic) bond motifs is 1. The molecule has 0 aliphatic carbocycles. The number of ether oxygens (including phenoxy) is 1. The highest BCUT2D eigenvalue weighted by atomic mass is 35.5. The highest BCUT2D eigenvalue weighted by Gasteiger charge is 2.28. The van der Waals surface area contributed by atoms with E-state index in [0.29, 0.717) is 24.3 Å². The van der Waals surface area contributed by atoms with Crippen molar-refractivity contribution in [2.75, 3.05) is 6.54 Å². The third-order valence-electron chi connectivity index (χ3n) is 5.69. The standard InChI is InChI=1S/C27H29N3O5.ClH/c1-27(2,3)35-22(31)15-29-25(33)23-24(32)20-13-28-14-21(20)30(26(23)34)16-17-9-11-19(12-10-17)18-7-5-4-6-8-18;/h4-12,28,32H,13-16H2,1-3H3,(H,29,33);1H. The van der Waals surface area contributed by atoms with Crippen molar-refractivity contribution in [2.45, 2.75) is 46.0 Å². The number of aromatic hydroxyl groups is 1. The molecule has 0 saturated carbocycles. The van der Waals surface area contributed by atoms with E-state index in [4.69, 9.17) is 4.74 Å². The average molecular weight is 512 g/mol. The zero-order valence-corrected chi connectivity index (χ0v) is 21.3. The van der Waals surface area contributed by atoms with Crippen LogP contribution in [0.5, 0.6) is 5.75 Å². The highest BCUT2D eigenvalue weighted by Crippen LogP contribution is 2.28. The van der Waals surface area contributed by atoms with E-state index in [2.05, 4.69) is 10.6 Å². The summed E-state index contributed by atoms with van der Waals surface area (Å²) in [5, 5.41) is 16.3. The van der Waals surface area contributed by atoms with Crippen LogP contribution in [-0.4, -0.2) is 33.7 Å². The lowest BCUT2D eigenvalue weighted by atomic mass is 10.0. The minimum atomic E-state index is -0.818. The van der Waals surface area contributed by atoms with E-state index in [1.165, 1.54) is 4.57 Å². The van der Waals surface area contributed by atoms with Crippen LogP contribution in [-0.2, 0) is 29.2 Å². The summed E-state index contributed by atoms with van der Waals surface area (Å²) in [6.07, 6.45) is 0. The average Bonchev–Trinajstić information content (AvgIpc) is 3.31.